The van der Waals surface area contributed by atoms with E-state index in [1.807, 2.05) is 13.0 Å². The average Bonchev–Trinajstić information content (AvgIpc) is 2.46. The molecule has 1 atom stereocenters. The fourth-order valence-electron chi connectivity index (χ4n) is 2.51. The number of hydrogen-bond donors (Lipinski definition) is 1. The highest BCUT2D eigenvalue weighted by Crippen LogP contribution is 2.17. The van der Waals surface area contributed by atoms with E-state index < -0.39 is 16.1 Å². The molecular weight excluding hydrogens is 304 g/mol. The van der Waals surface area contributed by atoms with Crippen LogP contribution in [0.1, 0.15) is 18.1 Å². The lowest BCUT2D eigenvalue weighted by Gasteiger charge is -2.29. The molecule has 1 amide bonds. The molecule has 1 aliphatic heterocycles. The zero-order chi connectivity index (χ0) is 16.3. The molecule has 1 saturated heterocycles. The molecule has 7 heteroatoms. The van der Waals surface area contributed by atoms with Crippen LogP contribution < -0.4 is 4.72 Å². The van der Waals surface area contributed by atoms with Crippen LogP contribution in [0, 0.1) is 13.8 Å². The Morgan fingerprint density at radius 1 is 1.27 bits per heavy atom. The topological polar surface area (TPSA) is 75.7 Å². The van der Waals surface area contributed by atoms with Crippen molar-refractivity contribution >= 4 is 15.9 Å². The highest BCUT2D eigenvalue weighted by atomic mass is 32.2. The van der Waals surface area contributed by atoms with Crippen molar-refractivity contribution in [1.29, 1.82) is 0 Å². The van der Waals surface area contributed by atoms with Crippen molar-refractivity contribution in [2.75, 3.05) is 26.3 Å². The SMILES string of the molecule is Cc1ccc(S(=O)(=O)N[C@@H](C)C(=O)N2CCOCC2)c(C)c1. The number of sulfonamides is 1. The van der Waals surface area contributed by atoms with Crippen LogP contribution in [0.3, 0.4) is 0 Å². The van der Waals surface area contributed by atoms with E-state index in [0.717, 1.165) is 5.56 Å². The Morgan fingerprint density at radius 3 is 2.50 bits per heavy atom. The number of morpholine rings is 1. The normalized spacial score (nSPS) is 17.3. The van der Waals surface area contributed by atoms with Crippen molar-refractivity contribution in [1.82, 2.24) is 9.62 Å². The number of carbonyl (C=O) groups is 1. The van der Waals surface area contributed by atoms with Gasteiger partial charge >= 0.3 is 0 Å². The van der Waals surface area contributed by atoms with Gasteiger partial charge in [-0.3, -0.25) is 4.79 Å². The number of aryl methyl sites for hydroxylation is 2. The minimum atomic E-state index is -3.72. The van der Waals surface area contributed by atoms with Gasteiger partial charge in [0.25, 0.3) is 0 Å². The summed E-state index contributed by atoms with van der Waals surface area (Å²) in [5.41, 5.74) is 1.66. The third-order valence-corrected chi connectivity index (χ3v) is 5.35. The van der Waals surface area contributed by atoms with Gasteiger partial charge in [-0.05, 0) is 32.4 Å². The van der Waals surface area contributed by atoms with E-state index in [4.69, 9.17) is 4.74 Å². The van der Waals surface area contributed by atoms with Crippen molar-refractivity contribution in [3.63, 3.8) is 0 Å². The third-order valence-electron chi connectivity index (χ3n) is 3.65. The molecule has 0 unspecified atom stereocenters. The van der Waals surface area contributed by atoms with Crippen LogP contribution in [0.25, 0.3) is 0 Å². The maximum atomic E-state index is 12.5. The summed E-state index contributed by atoms with van der Waals surface area (Å²) in [5, 5.41) is 0. The lowest BCUT2D eigenvalue weighted by Crippen LogP contribution is -2.50. The van der Waals surface area contributed by atoms with Gasteiger partial charge < -0.3 is 9.64 Å². The molecule has 22 heavy (non-hydrogen) atoms. The van der Waals surface area contributed by atoms with E-state index in [1.165, 1.54) is 0 Å². The highest BCUT2D eigenvalue weighted by Gasteiger charge is 2.27. The first-order chi connectivity index (χ1) is 10.3. The molecule has 6 nitrogen and oxygen atoms in total. The number of hydrogen-bond acceptors (Lipinski definition) is 4. The highest BCUT2D eigenvalue weighted by molar-refractivity contribution is 7.89. The predicted octanol–water partition coefficient (Wildman–Crippen LogP) is 0.829. The van der Waals surface area contributed by atoms with Gasteiger partial charge in [0.15, 0.2) is 0 Å². The molecule has 2 rings (SSSR count). The number of nitrogens with one attached hydrogen (secondary N) is 1. The van der Waals surface area contributed by atoms with Gasteiger partial charge in [-0.15, -0.1) is 0 Å². The fourth-order valence-corrected chi connectivity index (χ4v) is 3.93. The Balaban J connectivity index is 2.12. The van der Waals surface area contributed by atoms with E-state index in [-0.39, 0.29) is 10.8 Å². The first-order valence-electron chi connectivity index (χ1n) is 7.27. The molecule has 1 aromatic rings. The molecule has 0 bridgehead atoms. The minimum Gasteiger partial charge on any atom is -0.378 e. The van der Waals surface area contributed by atoms with Gasteiger partial charge in [-0.2, -0.15) is 4.72 Å². The van der Waals surface area contributed by atoms with Crippen molar-refractivity contribution in [2.45, 2.75) is 31.7 Å². The number of nitrogens with zero attached hydrogens (tertiary/aromatic N) is 1. The molecule has 0 saturated carbocycles. The maximum absolute atomic E-state index is 12.5. The van der Waals surface area contributed by atoms with Gasteiger partial charge in [0, 0.05) is 13.1 Å². The van der Waals surface area contributed by atoms with Gasteiger partial charge in [0.05, 0.1) is 24.2 Å². The number of benzene rings is 1. The first-order valence-corrected chi connectivity index (χ1v) is 8.76. The van der Waals surface area contributed by atoms with Gasteiger partial charge in [0.2, 0.25) is 15.9 Å². The molecule has 0 radical (unpaired) electrons. The van der Waals surface area contributed by atoms with E-state index in [0.29, 0.717) is 31.9 Å². The van der Waals surface area contributed by atoms with Crippen molar-refractivity contribution in [3.05, 3.63) is 29.3 Å². The Bertz CT molecular complexity index is 652. The molecule has 0 aliphatic carbocycles. The van der Waals surface area contributed by atoms with Crippen LogP contribution >= 0.6 is 0 Å². The van der Waals surface area contributed by atoms with Crippen molar-refractivity contribution in [2.24, 2.45) is 0 Å². The molecule has 1 heterocycles. The van der Waals surface area contributed by atoms with Gasteiger partial charge in [0.1, 0.15) is 0 Å². The maximum Gasteiger partial charge on any atom is 0.241 e. The molecule has 122 valence electrons. The van der Waals surface area contributed by atoms with Crippen LogP contribution in [-0.4, -0.2) is 51.6 Å². The lowest BCUT2D eigenvalue weighted by atomic mass is 10.2. The van der Waals surface area contributed by atoms with E-state index in [9.17, 15) is 13.2 Å². The summed E-state index contributed by atoms with van der Waals surface area (Å²) < 4.78 is 32.6. The van der Waals surface area contributed by atoms with E-state index in [1.54, 1.807) is 30.9 Å². The number of ether oxygens (including phenoxy) is 1. The molecule has 0 spiro atoms. The number of amides is 1. The van der Waals surface area contributed by atoms with Crippen LogP contribution in [0.4, 0.5) is 0 Å². The van der Waals surface area contributed by atoms with Gasteiger partial charge in [-0.25, -0.2) is 8.42 Å². The lowest BCUT2D eigenvalue weighted by molar-refractivity contribution is -0.136. The largest absolute Gasteiger partial charge is 0.378 e. The number of carbonyl (C=O) groups excluding carboxylic acids is 1. The Kier molecular flexibility index (Phi) is 5.20. The molecule has 1 aliphatic rings. The summed E-state index contributed by atoms with van der Waals surface area (Å²) in [6.07, 6.45) is 0. The summed E-state index contributed by atoms with van der Waals surface area (Å²) in [4.78, 5) is 14.1. The van der Waals surface area contributed by atoms with Crippen molar-refractivity contribution in [3.8, 4) is 0 Å². The number of rotatable bonds is 4. The second-order valence-corrected chi connectivity index (χ2v) is 7.23. The molecule has 1 N–H and O–H groups in total. The van der Waals surface area contributed by atoms with Crippen molar-refractivity contribution < 1.29 is 17.9 Å². The Morgan fingerprint density at radius 2 is 1.91 bits per heavy atom. The zero-order valence-electron chi connectivity index (χ0n) is 13.1. The summed E-state index contributed by atoms with van der Waals surface area (Å²) in [6, 6.07) is 4.32. The molecule has 1 fully saturated rings. The summed E-state index contributed by atoms with van der Waals surface area (Å²) >= 11 is 0. The fraction of sp³-hybridized carbons (Fsp3) is 0.533. The molecule has 1 aromatic carbocycles. The smallest absolute Gasteiger partial charge is 0.241 e. The molecule has 0 aromatic heterocycles. The summed E-state index contributed by atoms with van der Waals surface area (Å²) in [7, 11) is -3.72. The zero-order valence-corrected chi connectivity index (χ0v) is 13.9. The summed E-state index contributed by atoms with van der Waals surface area (Å²) in [5.74, 6) is -0.225. The average molecular weight is 326 g/mol. The predicted molar refractivity (Wildman–Crippen MR) is 83.1 cm³/mol. The van der Waals surface area contributed by atoms with E-state index >= 15 is 0 Å². The Hall–Kier alpha value is -1.44. The van der Waals surface area contributed by atoms with Gasteiger partial charge in [-0.1, -0.05) is 17.7 Å². The second kappa shape index (κ2) is 6.76. The monoisotopic (exact) mass is 326 g/mol. The van der Waals surface area contributed by atoms with Crippen LogP contribution in [-0.2, 0) is 19.6 Å². The standard InChI is InChI=1S/C15H22N2O4S/c1-11-4-5-14(12(2)10-11)22(19,20)16-13(3)15(18)17-6-8-21-9-7-17/h4-5,10,13,16H,6-9H2,1-3H3/t13-/m0/s1. The second-order valence-electron chi connectivity index (χ2n) is 5.55. The quantitative estimate of drug-likeness (QED) is 0.889. The molecular formula is C15H22N2O4S. The Labute approximate surface area is 131 Å². The van der Waals surface area contributed by atoms with Crippen LogP contribution in [0.5, 0.6) is 0 Å². The van der Waals surface area contributed by atoms with Crippen LogP contribution in [0.15, 0.2) is 23.1 Å². The third kappa shape index (κ3) is 3.85. The van der Waals surface area contributed by atoms with Crippen LogP contribution in [0.2, 0.25) is 0 Å². The summed E-state index contributed by atoms with van der Waals surface area (Å²) in [6.45, 7) is 7.18. The minimum absolute atomic E-state index is 0.208. The first kappa shape index (κ1) is 16.9. The van der Waals surface area contributed by atoms with E-state index in [2.05, 4.69) is 4.72 Å².